The molecule has 4 unspecified atom stereocenters. The Hall–Kier alpha value is -1.21. The summed E-state index contributed by atoms with van der Waals surface area (Å²) in [6.07, 6.45) is 26.4. The van der Waals surface area contributed by atoms with Crippen LogP contribution in [-0.2, 0) is 4.79 Å². The Balaban J connectivity index is 3.92. The standard InChI is InChI=1S/C32H61NO5/c1-3-5-7-9-11-13-14-15-16-17-18-20-22-24-26-30(36)32(38)33-28(27-34)31(37)29(35)25-23-21-19-12-10-8-6-4-2/h12-14,19,28-31,34-37H,3-11,15-18,20-27H2,1-2H3,(H,33,38)/b14-13-,19-12+. The average molecular weight is 540 g/mol. The molecule has 0 radical (unpaired) electrons. The number of nitrogens with one attached hydrogen (secondary N) is 1. The van der Waals surface area contributed by atoms with Gasteiger partial charge in [-0.25, -0.2) is 0 Å². The number of aliphatic hydroxyl groups is 4. The molecule has 0 aliphatic carbocycles. The topological polar surface area (TPSA) is 110 Å². The van der Waals surface area contributed by atoms with Crippen molar-refractivity contribution in [2.75, 3.05) is 6.61 Å². The van der Waals surface area contributed by atoms with Gasteiger partial charge in [0.05, 0.1) is 18.8 Å². The maximum Gasteiger partial charge on any atom is 0.249 e. The van der Waals surface area contributed by atoms with E-state index in [0.29, 0.717) is 19.3 Å². The lowest BCUT2D eigenvalue weighted by molar-refractivity contribution is -0.132. The monoisotopic (exact) mass is 539 g/mol. The largest absolute Gasteiger partial charge is 0.394 e. The Morgan fingerprint density at radius 1 is 0.632 bits per heavy atom. The first-order chi connectivity index (χ1) is 18.5. The zero-order valence-corrected chi connectivity index (χ0v) is 24.7. The van der Waals surface area contributed by atoms with Crippen LogP contribution in [0.25, 0.3) is 0 Å². The van der Waals surface area contributed by atoms with Crippen LogP contribution in [0.1, 0.15) is 142 Å². The minimum Gasteiger partial charge on any atom is -0.394 e. The summed E-state index contributed by atoms with van der Waals surface area (Å²) in [5, 5.41) is 43.0. The van der Waals surface area contributed by atoms with Crippen LogP contribution in [0.2, 0.25) is 0 Å². The molecule has 5 N–H and O–H groups in total. The lowest BCUT2D eigenvalue weighted by Crippen LogP contribution is -2.53. The first-order valence-corrected chi connectivity index (χ1v) is 15.7. The van der Waals surface area contributed by atoms with Crippen molar-refractivity contribution in [3.8, 4) is 0 Å². The van der Waals surface area contributed by atoms with Crippen LogP contribution in [0.3, 0.4) is 0 Å². The number of hydrogen-bond donors (Lipinski definition) is 5. The molecule has 0 aromatic heterocycles. The molecular weight excluding hydrogens is 478 g/mol. The maximum absolute atomic E-state index is 12.3. The van der Waals surface area contributed by atoms with Crippen molar-refractivity contribution in [2.45, 2.75) is 167 Å². The second-order valence-electron chi connectivity index (χ2n) is 10.8. The van der Waals surface area contributed by atoms with E-state index in [0.717, 1.165) is 44.9 Å². The van der Waals surface area contributed by atoms with E-state index in [-0.39, 0.29) is 0 Å². The van der Waals surface area contributed by atoms with E-state index in [2.05, 4.69) is 43.5 Å². The second kappa shape index (κ2) is 27.4. The fourth-order valence-electron chi connectivity index (χ4n) is 4.51. The molecule has 0 saturated carbocycles. The number of hydrogen-bond acceptors (Lipinski definition) is 5. The van der Waals surface area contributed by atoms with Crippen molar-refractivity contribution in [2.24, 2.45) is 0 Å². The quantitative estimate of drug-likeness (QED) is 0.0604. The van der Waals surface area contributed by atoms with Crippen molar-refractivity contribution < 1.29 is 25.2 Å². The van der Waals surface area contributed by atoms with Crippen molar-refractivity contribution >= 4 is 5.91 Å². The zero-order valence-electron chi connectivity index (χ0n) is 24.7. The predicted octanol–water partition coefficient (Wildman–Crippen LogP) is 6.50. The number of carbonyl (C=O) groups is 1. The fraction of sp³-hybridized carbons (Fsp3) is 0.844. The fourth-order valence-corrected chi connectivity index (χ4v) is 4.51. The third-order valence-corrected chi connectivity index (χ3v) is 7.13. The van der Waals surface area contributed by atoms with Gasteiger partial charge in [-0.3, -0.25) is 4.79 Å². The molecule has 1 amide bonds. The molecular formula is C32H61NO5. The van der Waals surface area contributed by atoms with E-state index in [1.165, 1.54) is 64.2 Å². The smallest absolute Gasteiger partial charge is 0.249 e. The van der Waals surface area contributed by atoms with E-state index in [1.54, 1.807) is 0 Å². The highest BCUT2D eigenvalue weighted by atomic mass is 16.3. The van der Waals surface area contributed by atoms with Crippen molar-refractivity contribution in [3.63, 3.8) is 0 Å². The lowest BCUT2D eigenvalue weighted by atomic mass is 10.00. The van der Waals surface area contributed by atoms with E-state index in [9.17, 15) is 25.2 Å². The molecule has 0 spiro atoms. The molecule has 4 atom stereocenters. The summed E-state index contributed by atoms with van der Waals surface area (Å²) in [7, 11) is 0. The number of amides is 1. The van der Waals surface area contributed by atoms with E-state index in [4.69, 9.17) is 0 Å². The van der Waals surface area contributed by atoms with Crippen LogP contribution in [-0.4, -0.2) is 57.3 Å². The molecule has 0 rings (SSSR count). The molecule has 0 aromatic carbocycles. The molecule has 0 bridgehead atoms. The first kappa shape index (κ1) is 36.8. The minimum absolute atomic E-state index is 0.355. The van der Waals surface area contributed by atoms with Crippen LogP contribution < -0.4 is 5.32 Å². The number of carbonyl (C=O) groups excluding carboxylic acids is 1. The third kappa shape index (κ3) is 21.7. The molecule has 0 saturated heterocycles. The zero-order chi connectivity index (χ0) is 28.3. The van der Waals surface area contributed by atoms with Gasteiger partial charge in [0.2, 0.25) is 5.91 Å². The van der Waals surface area contributed by atoms with Crippen LogP contribution in [0.15, 0.2) is 24.3 Å². The van der Waals surface area contributed by atoms with Gasteiger partial charge in [0.15, 0.2) is 0 Å². The summed E-state index contributed by atoms with van der Waals surface area (Å²) in [6.45, 7) is 3.92. The average Bonchev–Trinajstić information content (AvgIpc) is 2.92. The Morgan fingerprint density at radius 2 is 1.08 bits per heavy atom. The van der Waals surface area contributed by atoms with Crippen molar-refractivity contribution in [1.29, 1.82) is 0 Å². The summed E-state index contributed by atoms with van der Waals surface area (Å²) >= 11 is 0. The normalized spacial score (nSPS) is 15.2. The van der Waals surface area contributed by atoms with E-state index >= 15 is 0 Å². The lowest BCUT2D eigenvalue weighted by Gasteiger charge is -2.27. The minimum atomic E-state index is -1.28. The third-order valence-electron chi connectivity index (χ3n) is 7.13. The van der Waals surface area contributed by atoms with Gasteiger partial charge in [-0.15, -0.1) is 0 Å². The van der Waals surface area contributed by atoms with Crippen LogP contribution in [0.5, 0.6) is 0 Å². The SMILES string of the molecule is CCCCC/C=C/CCCC(O)C(O)C(CO)NC(=O)C(O)CCCCCCCC/C=C\CCCCCC. The molecule has 0 aliphatic heterocycles. The van der Waals surface area contributed by atoms with Gasteiger partial charge in [-0.2, -0.15) is 0 Å². The summed E-state index contributed by atoms with van der Waals surface area (Å²) in [4.78, 5) is 12.3. The highest BCUT2D eigenvalue weighted by molar-refractivity contribution is 5.80. The number of unbranched alkanes of at least 4 members (excludes halogenated alkanes) is 14. The van der Waals surface area contributed by atoms with Gasteiger partial charge < -0.3 is 25.7 Å². The Labute approximate surface area is 234 Å². The second-order valence-corrected chi connectivity index (χ2v) is 10.8. The van der Waals surface area contributed by atoms with Gasteiger partial charge in [-0.1, -0.05) is 102 Å². The molecule has 0 fully saturated rings. The summed E-state index contributed by atoms with van der Waals surface area (Å²) in [6, 6.07) is -0.998. The molecule has 0 aromatic rings. The highest BCUT2D eigenvalue weighted by Gasteiger charge is 2.28. The molecule has 0 heterocycles. The van der Waals surface area contributed by atoms with Crippen LogP contribution in [0, 0.1) is 0 Å². The van der Waals surface area contributed by atoms with E-state index in [1.807, 2.05) is 0 Å². The van der Waals surface area contributed by atoms with Crippen LogP contribution >= 0.6 is 0 Å². The highest BCUT2D eigenvalue weighted by Crippen LogP contribution is 2.13. The van der Waals surface area contributed by atoms with Gasteiger partial charge >= 0.3 is 0 Å². The molecule has 6 heteroatoms. The summed E-state index contributed by atoms with van der Waals surface area (Å²) in [5.74, 6) is -0.605. The Kier molecular flexibility index (Phi) is 26.5. The Bertz CT molecular complexity index is 580. The van der Waals surface area contributed by atoms with E-state index < -0.39 is 36.9 Å². The first-order valence-electron chi connectivity index (χ1n) is 15.7. The molecule has 6 nitrogen and oxygen atoms in total. The van der Waals surface area contributed by atoms with Crippen molar-refractivity contribution in [3.05, 3.63) is 24.3 Å². The van der Waals surface area contributed by atoms with Crippen LogP contribution in [0.4, 0.5) is 0 Å². The molecule has 0 aliphatic rings. The van der Waals surface area contributed by atoms with Gasteiger partial charge in [0.25, 0.3) is 0 Å². The van der Waals surface area contributed by atoms with Gasteiger partial charge in [-0.05, 0) is 64.2 Å². The summed E-state index contributed by atoms with van der Waals surface area (Å²) < 4.78 is 0. The van der Waals surface area contributed by atoms with Gasteiger partial charge in [0.1, 0.15) is 12.2 Å². The van der Waals surface area contributed by atoms with Gasteiger partial charge in [0, 0.05) is 0 Å². The maximum atomic E-state index is 12.3. The number of rotatable bonds is 27. The Morgan fingerprint density at radius 3 is 1.63 bits per heavy atom. The van der Waals surface area contributed by atoms with Crippen molar-refractivity contribution in [1.82, 2.24) is 5.32 Å². The molecule has 224 valence electrons. The summed E-state index contributed by atoms with van der Waals surface area (Å²) in [5.41, 5.74) is 0. The molecule has 38 heavy (non-hydrogen) atoms. The number of allylic oxidation sites excluding steroid dienone is 4. The predicted molar refractivity (Wildman–Crippen MR) is 159 cm³/mol. The number of aliphatic hydroxyl groups excluding tert-OH is 4.